The molecule has 1 heterocycles. The lowest BCUT2D eigenvalue weighted by Gasteiger charge is -2.18. The van der Waals surface area contributed by atoms with Crippen LogP contribution >= 0.6 is 0 Å². The minimum Gasteiger partial charge on any atom is -0.384 e. The highest BCUT2D eigenvalue weighted by molar-refractivity contribution is 5.59. The summed E-state index contributed by atoms with van der Waals surface area (Å²) in [6.45, 7) is 8.66. The molecule has 0 bridgehead atoms. The first kappa shape index (κ1) is 13.6. The molecule has 19 heavy (non-hydrogen) atoms. The molecule has 0 radical (unpaired) electrons. The summed E-state index contributed by atoms with van der Waals surface area (Å²) in [5.41, 5.74) is 2.27. The lowest BCUT2D eigenvalue weighted by Crippen LogP contribution is -2.28. The summed E-state index contributed by atoms with van der Waals surface area (Å²) in [4.78, 5) is 9.76. The molecule has 102 valence electrons. The van der Waals surface area contributed by atoms with Crippen LogP contribution in [0.25, 0.3) is 11.4 Å². The Labute approximate surface area is 114 Å². The quantitative estimate of drug-likeness (QED) is 0.802. The number of hydrogen-bond acceptors (Lipinski definition) is 3. The summed E-state index contributed by atoms with van der Waals surface area (Å²) in [5.74, 6) is 0.912. The molecule has 0 aliphatic rings. The molecule has 1 aromatic carbocycles. The van der Waals surface area contributed by atoms with Crippen molar-refractivity contribution in [2.75, 3.05) is 31.5 Å². The first-order valence-corrected chi connectivity index (χ1v) is 6.89. The van der Waals surface area contributed by atoms with E-state index in [1.54, 1.807) is 6.20 Å². The van der Waals surface area contributed by atoms with Gasteiger partial charge in [-0.05, 0) is 37.4 Å². The highest BCUT2D eigenvalue weighted by Gasteiger charge is 2.00. The van der Waals surface area contributed by atoms with E-state index in [0.717, 1.165) is 43.3 Å². The van der Waals surface area contributed by atoms with Gasteiger partial charge in [-0.2, -0.15) is 0 Å². The molecule has 0 saturated carbocycles. The fraction of sp³-hybridized carbons (Fsp3) is 0.400. The molecule has 0 aliphatic heterocycles. The molecule has 4 nitrogen and oxygen atoms in total. The van der Waals surface area contributed by atoms with E-state index in [0.29, 0.717) is 0 Å². The van der Waals surface area contributed by atoms with E-state index in [4.69, 9.17) is 0 Å². The molecule has 0 unspecified atom stereocenters. The highest BCUT2D eigenvalue weighted by atomic mass is 15.1. The molecule has 0 aliphatic carbocycles. The lowest BCUT2D eigenvalue weighted by atomic mass is 10.2. The number of rotatable bonds is 7. The van der Waals surface area contributed by atoms with Crippen molar-refractivity contribution >= 4 is 5.69 Å². The van der Waals surface area contributed by atoms with Gasteiger partial charge in [0.05, 0.1) is 0 Å². The van der Waals surface area contributed by atoms with Gasteiger partial charge in [-0.15, -0.1) is 0 Å². The second-order valence-corrected chi connectivity index (χ2v) is 4.47. The average Bonchev–Trinajstić information content (AvgIpc) is 2.98. The molecule has 2 N–H and O–H groups in total. The van der Waals surface area contributed by atoms with Crippen LogP contribution < -0.4 is 5.32 Å². The van der Waals surface area contributed by atoms with Crippen LogP contribution in [0, 0.1) is 0 Å². The Morgan fingerprint density at radius 2 is 1.89 bits per heavy atom. The molecule has 1 aromatic heterocycles. The van der Waals surface area contributed by atoms with E-state index in [1.807, 2.05) is 6.20 Å². The van der Waals surface area contributed by atoms with E-state index in [2.05, 4.69) is 58.3 Å². The third-order valence-corrected chi connectivity index (χ3v) is 3.31. The molecule has 2 aromatic rings. The van der Waals surface area contributed by atoms with Gasteiger partial charge in [-0.1, -0.05) is 13.8 Å². The zero-order valence-electron chi connectivity index (χ0n) is 11.7. The Morgan fingerprint density at radius 1 is 1.16 bits per heavy atom. The van der Waals surface area contributed by atoms with Crippen LogP contribution in [0.4, 0.5) is 5.69 Å². The van der Waals surface area contributed by atoms with Gasteiger partial charge >= 0.3 is 0 Å². The number of nitrogens with zero attached hydrogens (tertiary/aromatic N) is 2. The third kappa shape index (κ3) is 3.83. The fourth-order valence-corrected chi connectivity index (χ4v) is 2.07. The number of likely N-dealkylation sites (N-methyl/N-ethyl adjacent to an activating group) is 1. The second-order valence-electron chi connectivity index (χ2n) is 4.47. The Hall–Kier alpha value is -1.81. The highest BCUT2D eigenvalue weighted by Crippen LogP contribution is 2.17. The van der Waals surface area contributed by atoms with Gasteiger partial charge in [0.15, 0.2) is 0 Å². The average molecular weight is 258 g/mol. The van der Waals surface area contributed by atoms with Crippen molar-refractivity contribution in [3.8, 4) is 11.4 Å². The first-order chi connectivity index (χ1) is 9.33. The standard InChI is InChI=1S/C15H22N4/c1-3-19(4-2)12-11-16-14-7-5-13(6-8-14)15-17-9-10-18-15/h5-10,16H,3-4,11-12H2,1-2H3,(H,17,18). The normalized spacial score (nSPS) is 10.9. The number of imidazole rings is 1. The minimum absolute atomic E-state index is 0.912. The molecule has 0 amide bonds. The van der Waals surface area contributed by atoms with Crippen LogP contribution in [-0.4, -0.2) is 41.0 Å². The maximum Gasteiger partial charge on any atom is 0.137 e. The SMILES string of the molecule is CCN(CC)CCNc1ccc(-c2ncc[nH]2)cc1. The molecular weight excluding hydrogens is 236 g/mol. The topological polar surface area (TPSA) is 44.0 Å². The van der Waals surface area contributed by atoms with Gasteiger partial charge in [0, 0.05) is 36.7 Å². The van der Waals surface area contributed by atoms with Crippen LogP contribution in [0.2, 0.25) is 0 Å². The molecule has 0 saturated heterocycles. The number of anilines is 1. The predicted octanol–water partition coefficient (Wildman–Crippen LogP) is 2.83. The van der Waals surface area contributed by atoms with Crippen molar-refractivity contribution < 1.29 is 0 Å². The van der Waals surface area contributed by atoms with Gasteiger partial charge in [-0.25, -0.2) is 4.98 Å². The van der Waals surface area contributed by atoms with Crippen molar-refractivity contribution in [1.82, 2.24) is 14.9 Å². The van der Waals surface area contributed by atoms with Crippen molar-refractivity contribution in [1.29, 1.82) is 0 Å². The maximum absolute atomic E-state index is 4.24. The van der Waals surface area contributed by atoms with Crippen molar-refractivity contribution in [3.05, 3.63) is 36.7 Å². The molecule has 2 rings (SSSR count). The zero-order chi connectivity index (χ0) is 13.5. The van der Waals surface area contributed by atoms with Gasteiger partial charge in [0.2, 0.25) is 0 Å². The number of aromatic nitrogens is 2. The van der Waals surface area contributed by atoms with Crippen molar-refractivity contribution in [3.63, 3.8) is 0 Å². The van der Waals surface area contributed by atoms with Gasteiger partial charge < -0.3 is 15.2 Å². The summed E-state index contributed by atoms with van der Waals surface area (Å²) in [7, 11) is 0. The van der Waals surface area contributed by atoms with Gasteiger partial charge in [0.25, 0.3) is 0 Å². The molecule has 0 spiro atoms. The van der Waals surface area contributed by atoms with E-state index in [9.17, 15) is 0 Å². The number of benzene rings is 1. The molecular formula is C15H22N4. The monoisotopic (exact) mass is 258 g/mol. The van der Waals surface area contributed by atoms with Gasteiger partial charge in [0.1, 0.15) is 5.82 Å². The van der Waals surface area contributed by atoms with E-state index >= 15 is 0 Å². The number of nitrogens with one attached hydrogen (secondary N) is 2. The van der Waals surface area contributed by atoms with Crippen LogP contribution in [0.1, 0.15) is 13.8 Å². The Bertz CT molecular complexity index is 457. The van der Waals surface area contributed by atoms with Crippen LogP contribution in [0.15, 0.2) is 36.7 Å². The fourth-order valence-electron chi connectivity index (χ4n) is 2.07. The molecule has 0 atom stereocenters. The first-order valence-electron chi connectivity index (χ1n) is 6.89. The van der Waals surface area contributed by atoms with E-state index < -0.39 is 0 Å². The predicted molar refractivity (Wildman–Crippen MR) is 80.3 cm³/mol. The van der Waals surface area contributed by atoms with Crippen molar-refractivity contribution in [2.24, 2.45) is 0 Å². The molecule has 4 heteroatoms. The van der Waals surface area contributed by atoms with E-state index in [-0.39, 0.29) is 0 Å². The summed E-state index contributed by atoms with van der Waals surface area (Å²) >= 11 is 0. The number of aromatic amines is 1. The Morgan fingerprint density at radius 3 is 2.47 bits per heavy atom. The number of hydrogen-bond donors (Lipinski definition) is 2. The third-order valence-electron chi connectivity index (χ3n) is 3.31. The van der Waals surface area contributed by atoms with Crippen LogP contribution in [-0.2, 0) is 0 Å². The lowest BCUT2D eigenvalue weighted by molar-refractivity contribution is 0.316. The van der Waals surface area contributed by atoms with Gasteiger partial charge in [-0.3, -0.25) is 0 Å². The van der Waals surface area contributed by atoms with Crippen LogP contribution in [0.3, 0.4) is 0 Å². The van der Waals surface area contributed by atoms with Crippen molar-refractivity contribution in [2.45, 2.75) is 13.8 Å². The Kier molecular flexibility index (Phi) is 4.98. The van der Waals surface area contributed by atoms with Crippen LogP contribution in [0.5, 0.6) is 0 Å². The summed E-state index contributed by atoms with van der Waals surface area (Å²) in [6, 6.07) is 8.36. The Balaban J connectivity index is 1.85. The summed E-state index contributed by atoms with van der Waals surface area (Å²) in [6.07, 6.45) is 3.61. The summed E-state index contributed by atoms with van der Waals surface area (Å²) in [5, 5.41) is 3.44. The summed E-state index contributed by atoms with van der Waals surface area (Å²) < 4.78 is 0. The smallest absolute Gasteiger partial charge is 0.137 e. The van der Waals surface area contributed by atoms with E-state index in [1.165, 1.54) is 0 Å². The maximum atomic E-state index is 4.24. The zero-order valence-corrected chi connectivity index (χ0v) is 11.7. The second kappa shape index (κ2) is 6.95. The number of H-pyrrole nitrogens is 1. The largest absolute Gasteiger partial charge is 0.384 e. The minimum atomic E-state index is 0.912. The molecule has 0 fully saturated rings.